The SMILES string of the molecule is COc1ccc(CN2Cc3nc4c(-c5cc(C)ccc5OC)cccc4c(N)c3C2=O)cc1OC. The Hall–Kier alpha value is -4.26. The zero-order valence-corrected chi connectivity index (χ0v) is 20.2. The van der Waals surface area contributed by atoms with Crippen LogP contribution in [-0.2, 0) is 13.1 Å². The van der Waals surface area contributed by atoms with Crippen LogP contribution < -0.4 is 19.9 Å². The number of hydrogen-bond donors (Lipinski definition) is 1. The second kappa shape index (κ2) is 8.83. The van der Waals surface area contributed by atoms with Crippen LogP contribution in [0.5, 0.6) is 17.2 Å². The number of aromatic nitrogens is 1. The number of aryl methyl sites for hydroxylation is 1. The highest BCUT2D eigenvalue weighted by Gasteiger charge is 2.32. The molecule has 1 aliphatic heterocycles. The molecule has 0 fully saturated rings. The van der Waals surface area contributed by atoms with E-state index in [0.717, 1.165) is 38.9 Å². The fourth-order valence-corrected chi connectivity index (χ4v) is 4.70. The third-order valence-corrected chi connectivity index (χ3v) is 6.44. The monoisotopic (exact) mass is 469 g/mol. The lowest BCUT2D eigenvalue weighted by Gasteiger charge is -2.17. The lowest BCUT2D eigenvalue weighted by molar-refractivity contribution is 0.0767. The van der Waals surface area contributed by atoms with Gasteiger partial charge in [0.1, 0.15) is 5.75 Å². The Balaban J connectivity index is 1.57. The summed E-state index contributed by atoms with van der Waals surface area (Å²) in [5.41, 5.74) is 12.9. The van der Waals surface area contributed by atoms with E-state index in [1.807, 2.05) is 55.5 Å². The molecule has 0 radical (unpaired) electrons. The van der Waals surface area contributed by atoms with Crippen LogP contribution in [0.15, 0.2) is 54.6 Å². The first kappa shape index (κ1) is 22.5. The number of fused-ring (bicyclic) bond motifs is 2. The van der Waals surface area contributed by atoms with E-state index >= 15 is 0 Å². The molecule has 1 aromatic heterocycles. The number of anilines is 1. The maximum atomic E-state index is 13.4. The van der Waals surface area contributed by atoms with Crippen LogP contribution in [0.1, 0.15) is 27.2 Å². The van der Waals surface area contributed by atoms with Crippen molar-refractivity contribution in [2.75, 3.05) is 27.1 Å². The summed E-state index contributed by atoms with van der Waals surface area (Å²) in [7, 11) is 4.84. The maximum Gasteiger partial charge on any atom is 0.258 e. The van der Waals surface area contributed by atoms with Crippen LogP contribution in [-0.4, -0.2) is 37.1 Å². The van der Waals surface area contributed by atoms with Gasteiger partial charge in [-0.3, -0.25) is 4.79 Å². The van der Waals surface area contributed by atoms with Gasteiger partial charge in [-0.15, -0.1) is 0 Å². The number of nitrogens with zero attached hydrogens (tertiary/aromatic N) is 2. The van der Waals surface area contributed by atoms with Crippen molar-refractivity contribution in [2.24, 2.45) is 0 Å². The third kappa shape index (κ3) is 3.79. The highest BCUT2D eigenvalue weighted by molar-refractivity contribution is 6.11. The van der Waals surface area contributed by atoms with Crippen LogP contribution in [0.4, 0.5) is 5.69 Å². The minimum absolute atomic E-state index is 0.125. The van der Waals surface area contributed by atoms with Gasteiger partial charge in [0.2, 0.25) is 0 Å². The number of carbonyl (C=O) groups excluding carboxylic acids is 1. The topological polar surface area (TPSA) is 86.9 Å². The quantitative estimate of drug-likeness (QED) is 0.429. The number of amides is 1. The number of pyridine rings is 1. The third-order valence-electron chi connectivity index (χ3n) is 6.44. The van der Waals surface area contributed by atoms with Crippen molar-refractivity contribution in [1.82, 2.24) is 9.88 Å². The largest absolute Gasteiger partial charge is 0.496 e. The Bertz CT molecular complexity index is 1460. The predicted molar refractivity (Wildman–Crippen MR) is 136 cm³/mol. The summed E-state index contributed by atoms with van der Waals surface area (Å²) in [5, 5.41) is 0.756. The van der Waals surface area contributed by atoms with Gasteiger partial charge < -0.3 is 24.8 Å². The summed E-state index contributed by atoms with van der Waals surface area (Å²) in [5.74, 6) is 1.90. The van der Waals surface area contributed by atoms with Gasteiger partial charge in [0.05, 0.1) is 50.3 Å². The van der Waals surface area contributed by atoms with Crippen LogP contribution in [0, 0.1) is 6.92 Å². The smallest absolute Gasteiger partial charge is 0.258 e. The normalized spacial score (nSPS) is 12.7. The number of nitrogens with two attached hydrogens (primary N) is 1. The Morgan fingerprint density at radius 2 is 1.66 bits per heavy atom. The van der Waals surface area contributed by atoms with Gasteiger partial charge in [-0.1, -0.05) is 35.9 Å². The predicted octanol–water partition coefficient (Wildman–Crippen LogP) is 4.97. The summed E-state index contributed by atoms with van der Waals surface area (Å²) < 4.78 is 16.4. The molecule has 0 saturated carbocycles. The Kier molecular flexibility index (Phi) is 5.68. The molecule has 2 heterocycles. The molecule has 2 N–H and O–H groups in total. The maximum absolute atomic E-state index is 13.4. The summed E-state index contributed by atoms with van der Waals surface area (Å²) >= 11 is 0. The van der Waals surface area contributed by atoms with Crippen LogP contribution in [0.2, 0.25) is 0 Å². The van der Waals surface area contributed by atoms with Crippen molar-refractivity contribution in [3.05, 3.63) is 77.0 Å². The fraction of sp³-hybridized carbons (Fsp3) is 0.214. The van der Waals surface area contributed by atoms with Gasteiger partial charge in [0.25, 0.3) is 5.91 Å². The van der Waals surface area contributed by atoms with Crippen LogP contribution in [0.25, 0.3) is 22.0 Å². The van der Waals surface area contributed by atoms with Crippen molar-refractivity contribution in [3.8, 4) is 28.4 Å². The summed E-state index contributed by atoms with van der Waals surface area (Å²) in [6.45, 7) is 2.82. The lowest BCUT2D eigenvalue weighted by atomic mass is 9.97. The average molecular weight is 470 g/mol. The van der Waals surface area contributed by atoms with Crippen molar-refractivity contribution in [1.29, 1.82) is 0 Å². The van der Waals surface area contributed by atoms with Gasteiger partial charge in [-0.2, -0.15) is 0 Å². The van der Waals surface area contributed by atoms with Crippen molar-refractivity contribution >= 4 is 22.5 Å². The van der Waals surface area contributed by atoms with Gasteiger partial charge in [-0.05, 0) is 36.8 Å². The molecule has 7 heteroatoms. The number of ether oxygens (including phenoxy) is 3. The van der Waals surface area contributed by atoms with Crippen molar-refractivity contribution in [3.63, 3.8) is 0 Å². The zero-order valence-electron chi connectivity index (χ0n) is 20.2. The van der Waals surface area contributed by atoms with Gasteiger partial charge in [0.15, 0.2) is 11.5 Å². The zero-order chi connectivity index (χ0) is 24.7. The van der Waals surface area contributed by atoms with Crippen LogP contribution in [0.3, 0.4) is 0 Å². The van der Waals surface area contributed by atoms with E-state index in [1.54, 1.807) is 26.2 Å². The fourth-order valence-electron chi connectivity index (χ4n) is 4.70. The van der Waals surface area contributed by atoms with E-state index < -0.39 is 0 Å². The number of rotatable bonds is 6. The molecule has 1 aliphatic rings. The van der Waals surface area contributed by atoms with E-state index in [-0.39, 0.29) is 5.91 Å². The second-order valence-electron chi connectivity index (χ2n) is 8.60. The van der Waals surface area contributed by atoms with E-state index in [0.29, 0.717) is 41.5 Å². The molecule has 7 nitrogen and oxygen atoms in total. The van der Waals surface area contributed by atoms with Crippen molar-refractivity contribution < 1.29 is 19.0 Å². The van der Waals surface area contributed by atoms with E-state index in [9.17, 15) is 4.79 Å². The van der Waals surface area contributed by atoms with Gasteiger partial charge >= 0.3 is 0 Å². The number of nitrogen functional groups attached to an aromatic ring is 1. The number of hydrogen-bond acceptors (Lipinski definition) is 6. The van der Waals surface area contributed by atoms with Crippen molar-refractivity contribution in [2.45, 2.75) is 20.0 Å². The van der Waals surface area contributed by atoms with Crippen LogP contribution >= 0.6 is 0 Å². The molecule has 0 atom stereocenters. The lowest BCUT2D eigenvalue weighted by Crippen LogP contribution is -2.23. The molecule has 0 saturated heterocycles. The standard InChI is InChI=1S/C28H27N3O4/c1-16-8-10-22(33-2)20(12-16)18-6-5-7-19-26(29)25-21(30-27(18)19)15-31(28(25)32)14-17-9-11-23(34-3)24(13-17)35-4/h5-13H,14-15H2,1-4H3,(H2,29,30). The number of methoxy groups -OCH3 is 3. The second-order valence-corrected chi connectivity index (χ2v) is 8.60. The Labute approximate surface area is 204 Å². The molecule has 35 heavy (non-hydrogen) atoms. The molecule has 178 valence electrons. The van der Waals surface area contributed by atoms with E-state index in [2.05, 4.69) is 6.07 Å². The van der Waals surface area contributed by atoms with Gasteiger partial charge in [0, 0.05) is 23.1 Å². The number of para-hydroxylation sites is 1. The first-order valence-corrected chi connectivity index (χ1v) is 11.3. The molecule has 0 spiro atoms. The Morgan fingerprint density at radius 1 is 0.914 bits per heavy atom. The molecule has 3 aromatic carbocycles. The van der Waals surface area contributed by atoms with E-state index in [1.165, 1.54) is 0 Å². The molecular formula is C28H27N3O4. The molecule has 0 unspecified atom stereocenters. The Morgan fingerprint density at radius 3 is 2.40 bits per heavy atom. The van der Waals surface area contributed by atoms with E-state index in [4.69, 9.17) is 24.9 Å². The first-order chi connectivity index (χ1) is 16.9. The minimum Gasteiger partial charge on any atom is -0.496 e. The summed E-state index contributed by atoms with van der Waals surface area (Å²) in [6.07, 6.45) is 0. The number of carbonyl (C=O) groups is 1. The molecule has 0 bridgehead atoms. The summed E-state index contributed by atoms with van der Waals surface area (Å²) in [6, 6.07) is 17.5. The molecule has 5 rings (SSSR count). The highest BCUT2D eigenvalue weighted by Crippen LogP contribution is 2.40. The molecule has 1 amide bonds. The number of benzene rings is 3. The minimum atomic E-state index is -0.125. The highest BCUT2D eigenvalue weighted by atomic mass is 16.5. The molecule has 0 aliphatic carbocycles. The average Bonchev–Trinajstić information content (AvgIpc) is 3.18. The first-order valence-electron chi connectivity index (χ1n) is 11.3. The van der Waals surface area contributed by atoms with Gasteiger partial charge in [-0.25, -0.2) is 4.98 Å². The molecular weight excluding hydrogens is 442 g/mol. The molecule has 4 aromatic rings. The summed E-state index contributed by atoms with van der Waals surface area (Å²) in [4.78, 5) is 20.1.